The summed E-state index contributed by atoms with van der Waals surface area (Å²) in [6.45, 7) is 6.68. The van der Waals surface area contributed by atoms with Gasteiger partial charge in [0, 0.05) is 19.3 Å². The van der Waals surface area contributed by atoms with Gasteiger partial charge in [-0.2, -0.15) is 0 Å². The fourth-order valence-electron chi connectivity index (χ4n) is 10.9. The molecule has 0 bridgehead atoms. The molecular formula is C75H138O6. The third-order valence-corrected chi connectivity index (χ3v) is 16.3. The molecular weight excluding hydrogens is 997 g/mol. The highest BCUT2D eigenvalue weighted by atomic mass is 16.6. The van der Waals surface area contributed by atoms with Crippen molar-refractivity contribution in [3.63, 3.8) is 0 Å². The minimum absolute atomic E-state index is 0.0703. The molecule has 0 N–H and O–H groups in total. The first-order chi connectivity index (χ1) is 40.0. The molecule has 0 aromatic heterocycles. The van der Waals surface area contributed by atoms with E-state index in [9.17, 15) is 14.4 Å². The average Bonchev–Trinajstić information content (AvgIpc) is 3.47. The lowest BCUT2D eigenvalue weighted by Crippen LogP contribution is -2.30. The van der Waals surface area contributed by atoms with E-state index in [4.69, 9.17) is 14.2 Å². The molecule has 81 heavy (non-hydrogen) atoms. The third kappa shape index (κ3) is 68.0. The van der Waals surface area contributed by atoms with Crippen molar-refractivity contribution in [3.05, 3.63) is 48.6 Å². The van der Waals surface area contributed by atoms with Crippen molar-refractivity contribution in [2.75, 3.05) is 13.2 Å². The summed E-state index contributed by atoms with van der Waals surface area (Å²) in [7, 11) is 0. The monoisotopic (exact) mass is 1140 g/mol. The van der Waals surface area contributed by atoms with Crippen LogP contribution in [0.4, 0.5) is 0 Å². The maximum atomic E-state index is 12.9. The van der Waals surface area contributed by atoms with Crippen molar-refractivity contribution >= 4 is 17.9 Å². The fraction of sp³-hybridized carbons (Fsp3) is 0.853. The van der Waals surface area contributed by atoms with Gasteiger partial charge in [0.2, 0.25) is 0 Å². The molecule has 0 aliphatic carbocycles. The lowest BCUT2D eigenvalue weighted by molar-refractivity contribution is -0.167. The van der Waals surface area contributed by atoms with Crippen molar-refractivity contribution in [3.8, 4) is 0 Å². The van der Waals surface area contributed by atoms with Crippen molar-refractivity contribution in [1.82, 2.24) is 0 Å². The largest absolute Gasteiger partial charge is 0.462 e. The number of hydrogen-bond acceptors (Lipinski definition) is 6. The Balaban J connectivity index is 4.14. The molecule has 1 atom stereocenters. The minimum atomic E-state index is -0.774. The predicted molar refractivity (Wildman–Crippen MR) is 353 cm³/mol. The van der Waals surface area contributed by atoms with E-state index in [-0.39, 0.29) is 31.1 Å². The fourth-order valence-corrected chi connectivity index (χ4v) is 10.9. The Hall–Kier alpha value is -2.63. The molecule has 6 heteroatoms. The van der Waals surface area contributed by atoms with Gasteiger partial charge in [-0.3, -0.25) is 14.4 Å². The van der Waals surface area contributed by atoms with Crippen molar-refractivity contribution < 1.29 is 28.6 Å². The van der Waals surface area contributed by atoms with Crippen LogP contribution in [0.5, 0.6) is 0 Å². The minimum Gasteiger partial charge on any atom is -0.462 e. The second kappa shape index (κ2) is 69.9. The predicted octanol–water partition coefficient (Wildman–Crippen LogP) is 24.9. The SMILES string of the molecule is CCCCCCC/C=C\C/C=C\C/C=C\CCCCCCCCCCCCCCCCCCCCC(=O)OCC(COC(=O)CCCCCCCCCCCCCCCCC)OC(=O)CCCCCCC/C=C\CCCCCCCC. The number of hydrogen-bond donors (Lipinski definition) is 0. The summed E-state index contributed by atoms with van der Waals surface area (Å²) in [4.78, 5) is 38.4. The van der Waals surface area contributed by atoms with Gasteiger partial charge in [-0.25, -0.2) is 0 Å². The number of rotatable bonds is 67. The molecule has 0 heterocycles. The van der Waals surface area contributed by atoms with E-state index in [2.05, 4.69) is 69.4 Å². The van der Waals surface area contributed by atoms with E-state index >= 15 is 0 Å². The molecule has 1 unspecified atom stereocenters. The maximum Gasteiger partial charge on any atom is 0.306 e. The van der Waals surface area contributed by atoms with E-state index in [0.29, 0.717) is 19.3 Å². The molecule has 0 amide bonds. The highest BCUT2D eigenvalue weighted by Crippen LogP contribution is 2.18. The lowest BCUT2D eigenvalue weighted by Gasteiger charge is -2.18. The van der Waals surface area contributed by atoms with E-state index in [0.717, 1.165) is 77.0 Å². The number of carbonyl (C=O) groups excluding carboxylic acids is 3. The van der Waals surface area contributed by atoms with Crippen LogP contribution < -0.4 is 0 Å². The summed E-state index contributed by atoms with van der Waals surface area (Å²) in [6, 6.07) is 0. The van der Waals surface area contributed by atoms with E-state index in [1.807, 2.05) is 0 Å². The number of allylic oxidation sites excluding steroid dienone is 8. The zero-order valence-electron chi connectivity index (χ0n) is 54.6. The van der Waals surface area contributed by atoms with Crippen LogP contribution in [-0.2, 0) is 28.6 Å². The Morgan fingerprint density at radius 3 is 0.704 bits per heavy atom. The summed E-state index contributed by atoms with van der Waals surface area (Å²) >= 11 is 0. The van der Waals surface area contributed by atoms with Gasteiger partial charge in [-0.15, -0.1) is 0 Å². The Kier molecular flexibility index (Phi) is 67.6. The van der Waals surface area contributed by atoms with Gasteiger partial charge in [0.1, 0.15) is 13.2 Å². The molecule has 0 saturated carbocycles. The Labute approximate surface area is 505 Å². The summed E-state index contributed by atoms with van der Waals surface area (Å²) in [5.74, 6) is -0.851. The van der Waals surface area contributed by atoms with Gasteiger partial charge in [0.05, 0.1) is 0 Å². The summed E-state index contributed by atoms with van der Waals surface area (Å²) < 4.78 is 17.0. The van der Waals surface area contributed by atoms with E-state index < -0.39 is 6.10 Å². The van der Waals surface area contributed by atoms with Gasteiger partial charge in [-0.05, 0) is 83.5 Å². The second-order valence-electron chi connectivity index (χ2n) is 24.5. The van der Waals surface area contributed by atoms with Crippen LogP contribution in [0, 0.1) is 0 Å². The molecule has 0 saturated heterocycles. The van der Waals surface area contributed by atoms with Crippen LogP contribution in [0.1, 0.15) is 393 Å². The van der Waals surface area contributed by atoms with Gasteiger partial charge >= 0.3 is 17.9 Å². The first-order valence-corrected chi connectivity index (χ1v) is 36.1. The number of ether oxygens (including phenoxy) is 3. The van der Waals surface area contributed by atoms with Crippen LogP contribution in [-0.4, -0.2) is 37.2 Å². The van der Waals surface area contributed by atoms with Gasteiger partial charge < -0.3 is 14.2 Å². The number of esters is 3. The number of unbranched alkanes of at least 4 members (excludes halogenated alkanes) is 48. The molecule has 0 aliphatic rings. The molecule has 0 spiro atoms. The Morgan fingerprint density at radius 1 is 0.247 bits per heavy atom. The van der Waals surface area contributed by atoms with Crippen LogP contribution in [0.2, 0.25) is 0 Å². The third-order valence-electron chi connectivity index (χ3n) is 16.3. The second-order valence-corrected chi connectivity index (χ2v) is 24.5. The van der Waals surface area contributed by atoms with Gasteiger partial charge in [0.25, 0.3) is 0 Å². The van der Waals surface area contributed by atoms with Gasteiger partial charge in [0.15, 0.2) is 6.10 Å². The van der Waals surface area contributed by atoms with Crippen LogP contribution in [0.15, 0.2) is 48.6 Å². The van der Waals surface area contributed by atoms with Crippen molar-refractivity contribution in [1.29, 1.82) is 0 Å². The normalized spacial score (nSPS) is 12.3. The van der Waals surface area contributed by atoms with Crippen LogP contribution >= 0.6 is 0 Å². The zero-order chi connectivity index (χ0) is 58.5. The lowest BCUT2D eigenvalue weighted by atomic mass is 10.0. The molecule has 6 nitrogen and oxygen atoms in total. The molecule has 0 aliphatic heterocycles. The standard InChI is InChI=1S/C75H138O6/c1-4-7-10-13-16-19-22-25-28-29-30-31-32-33-34-35-36-37-38-39-40-41-42-43-44-45-48-50-53-56-59-62-65-68-74(77)80-71-72(81-75(78)69-66-63-60-57-54-51-47-27-24-21-18-15-12-9-6-3)70-79-73(76)67-64-61-58-55-52-49-46-26-23-20-17-14-11-8-5-2/h22,25,27,29-30,32-33,47,72H,4-21,23-24,26,28,31,34-46,48-71H2,1-3H3/b25-22-,30-29-,33-32-,47-27-. The summed E-state index contributed by atoms with van der Waals surface area (Å²) in [5, 5.41) is 0. The molecule has 0 aromatic rings. The summed E-state index contributed by atoms with van der Waals surface area (Å²) in [6.07, 6.45) is 88.6. The van der Waals surface area contributed by atoms with Crippen molar-refractivity contribution in [2.45, 2.75) is 399 Å². The topological polar surface area (TPSA) is 78.9 Å². The molecule has 474 valence electrons. The van der Waals surface area contributed by atoms with E-state index in [1.54, 1.807) is 0 Å². The molecule has 0 rings (SSSR count). The average molecular weight is 1140 g/mol. The first-order valence-electron chi connectivity index (χ1n) is 36.1. The van der Waals surface area contributed by atoms with E-state index in [1.165, 1.54) is 276 Å². The van der Waals surface area contributed by atoms with Gasteiger partial charge in [-0.1, -0.05) is 339 Å². The quantitative estimate of drug-likeness (QED) is 0.0261. The highest BCUT2D eigenvalue weighted by Gasteiger charge is 2.19. The Morgan fingerprint density at radius 2 is 0.444 bits per heavy atom. The van der Waals surface area contributed by atoms with Crippen molar-refractivity contribution in [2.24, 2.45) is 0 Å². The number of carbonyl (C=O) groups is 3. The van der Waals surface area contributed by atoms with Crippen LogP contribution in [0.25, 0.3) is 0 Å². The Bertz CT molecular complexity index is 1400. The van der Waals surface area contributed by atoms with Crippen LogP contribution in [0.3, 0.4) is 0 Å². The smallest absolute Gasteiger partial charge is 0.306 e. The molecule has 0 aromatic carbocycles. The highest BCUT2D eigenvalue weighted by molar-refractivity contribution is 5.71. The molecule has 0 radical (unpaired) electrons. The maximum absolute atomic E-state index is 12.9. The molecule has 0 fully saturated rings. The summed E-state index contributed by atoms with van der Waals surface area (Å²) in [5.41, 5.74) is 0. The first kappa shape index (κ1) is 78.4. The zero-order valence-corrected chi connectivity index (χ0v) is 54.6.